The highest BCUT2D eigenvalue weighted by molar-refractivity contribution is 7.88. The summed E-state index contributed by atoms with van der Waals surface area (Å²) in [5.41, 5.74) is 3.99. The van der Waals surface area contributed by atoms with Gasteiger partial charge in [0, 0.05) is 60.9 Å². The second-order valence-electron chi connectivity index (χ2n) is 11.7. The van der Waals surface area contributed by atoms with E-state index in [4.69, 9.17) is 9.72 Å². The first-order chi connectivity index (χ1) is 19.9. The molecule has 3 aliphatic rings. The van der Waals surface area contributed by atoms with Crippen LogP contribution in [0, 0.1) is 0 Å². The molecule has 0 spiro atoms. The van der Waals surface area contributed by atoms with Crippen molar-refractivity contribution in [2.75, 3.05) is 51.0 Å². The van der Waals surface area contributed by atoms with Crippen LogP contribution in [0.2, 0.25) is 0 Å². The maximum Gasteiger partial charge on any atom is 0.211 e. The minimum atomic E-state index is -3.14. The topological polar surface area (TPSA) is 121 Å². The number of hydrogen-bond acceptors (Lipinski definition) is 8. The van der Waals surface area contributed by atoms with Gasteiger partial charge in [0.2, 0.25) is 10.0 Å². The van der Waals surface area contributed by atoms with Gasteiger partial charge in [0.15, 0.2) is 0 Å². The largest absolute Gasteiger partial charge is 0.379 e. The minimum Gasteiger partial charge on any atom is -0.379 e. The molecule has 3 fully saturated rings. The van der Waals surface area contributed by atoms with Crippen molar-refractivity contribution < 1.29 is 13.2 Å². The van der Waals surface area contributed by atoms with Gasteiger partial charge in [0.25, 0.3) is 0 Å². The summed E-state index contributed by atoms with van der Waals surface area (Å²) in [4.78, 5) is 15.3. The number of sulfonamides is 1. The summed E-state index contributed by atoms with van der Waals surface area (Å²) in [6, 6.07) is 7.66. The third-order valence-corrected chi connectivity index (χ3v) is 10.5. The molecule has 0 bridgehead atoms. The van der Waals surface area contributed by atoms with E-state index in [1.807, 2.05) is 10.9 Å². The van der Waals surface area contributed by atoms with Gasteiger partial charge in [0.1, 0.15) is 17.8 Å². The lowest BCUT2D eigenvalue weighted by atomic mass is 9.90. The van der Waals surface area contributed by atoms with E-state index in [1.165, 1.54) is 19.1 Å². The Morgan fingerprint density at radius 3 is 2.49 bits per heavy atom. The van der Waals surface area contributed by atoms with E-state index in [1.54, 1.807) is 10.6 Å². The van der Waals surface area contributed by atoms with E-state index < -0.39 is 10.0 Å². The van der Waals surface area contributed by atoms with E-state index in [0.717, 1.165) is 90.9 Å². The van der Waals surface area contributed by atoms with Gasteiger partial charge in [-0.1, -0.05) is 6.07 Å². The summed E-state index contributed by atoms with van der Waals surface area (Å²) in [5, 5.41) is 10.6. The van der Waals surface area contributed by atoms with Gasteiger partial charge < -0.3 is 15.0 Å². The molecule has 5 heterocycles. The lowest BCUT2D eigenvalue weighted by Gasteiger charge is -2.39. The third kappa shape index (κ3) is 5.45. The zero-order valence-corrected chi connectivity index (χ0v) is 24.3. The summed E-state index contributed by atoms with van der Waals surface area (Å²) in [6.07, 6.45) is 13.1. The minimum absolute atomic E-state index is 0.195. The molecule has 7 rings (SSSR count). The first kappa shape index (κ1) is 26.8. The van der Waals surface area contributed by atoms with Crippen LogP contribution in [0.15, 0.2) is 36.9 Å². The molecule has 41 heavy (non-hydrogen) atoms. The summed E-state index contributed by atoms with van der Waals surface area (Å²) < 4.78 is 32.9. The molecule has 11 nitrogen and oxygen atoms in total. The lowest BCUT2D eigenvalue weighted by molar-refractivity contribution is 0.00791. The van der Waals surface area contributed by atoms with E-state index in [0.29, 0.717) is 25.2 Å². The number of hydrogen-bond donors (Lipinski definition) is 2. The molecule has 218 valence electrons. The molecule has 0 unspecified atom stereocenters. The SMILES string of the molecule is CS(=O)(=O)N1CCC(n2cc(-c3ccc4[nH]c5ncnc(N[C@H]6CC[C@H](N7CCOCC7)CC6)c5c4c3)cn2)CC1. The van der Waals surface area contributed by atoms with Crippen LogP contribution in [-0.2, 0) is 14.8 Å². The van der Waals surface area contributed by atoms with Crippen LogP contribution in [-0.4, -0.2) is 100 Å². The van der Waals surface area contributed by atoms with Crippen LogP contribution in [0.1, 0.15) is 44.6 Å². The van der Waals surface area contributed by atoms with Crippen molar-refractivity contribution in [3.63, 3.8) is 0 Å². The Hall–Kier alpha value is -3.06. The molecule has 1 aliphatic carbocycles. The van der Waals surface area contributed by atoms with Gasteiger partial charge in [-0.05, 0) is 56.2 Å². The molecular formula is C29H38N8O3S. The summed E-state index contributed by atoms with van der Waals surface area (Å²) >= 11 is 0. The van der Waals surface area contributed by atoms with E-state index in [-0.39, 0.29) is 6.04 Å². The molecule has 1 aromatic carbocycles. The summed E-state index contributed by atoms with van der Waals surface area (Å²) in [7, 11) is -3.14. The molecule has 0 radical (unpaired) electrons. The number of morpholine rings is 1. The molecule has 0 amide bonds. The molecule has 4 aromatic rings. The van der Waals surface area contributed by atoms with Crippen molar-refractivity contribution in [2.24, 2.45) is 0 Å². The van der Waals surface area contributed by atoms with Crippen LogP contribution in [0.25, 0.3) is 33.1 Å². The number of aromatic nitrogens is 5. The van der Waals surface area contributed by atoms with Crippen LogP contribution < -0.4 is 5.32 Å². The predicted octanol–water partition coefficient (Wildman–Crippen LogP) is 3.63. The number of fused-ring (bicyclic) bond motifs is 3. The molecule has 2 saturated heterocycles. The van der Waals surface area contributed by atoms with Gasteiger partial charge in [-0.3, -0.25) is 9.58 Å². The molecule has 12 heteroatoms. The van der Waals surface area contributed by atoms with Crippen LogP contribution >= 0.6 is 0 Å². The predicted molar refractivity (Wildman–Crippen MR) is 159 cm³/mol. The van der Waals surface area contributed by atoms with Gasteiger partial charge >= 0.3 is 0 Å². The molecule has 2 N–H and O–H groups in total. The standard InChI is InChI=1S/C29H38N8O3S/c1-41(38,39)36-10-8-24(9-11-36)37-18-21(17-32-37)20-2-7-26-25(16-20)27-28(30-19-31-29(27)34-26)33-22-3-5-23(6-4-22)35-12-14-40-15-13-35/h2,7,16-19,22-24H,3-6,8-15H2,1H3,(H2,30,31,33,34)/t22-,23-. The van der Waals surface area contributed by atoms with Crippen molar-refractivity contribution in [1.29, 1.82) is 0 Å². The van der Waals surface area contributed by atoms with Crippen LogP contribution in [0.3, 0.4) is 0 Å². The number of H-pyrrole nitrogens is 1. The maximum atomic E-state index is 11.9. The number of anilines is 1. The molecular weight excluding hydrogens is 540 g/mol. The highest BCUT2D eigenvalue weighted by Gasteiger charge is 2.28. The molecule has 2 aliphatic heterocycles. The average molecular weight is 579 g/mol. The van der Waals surface area contributed by atoms with Crippen LogP contribution in [0.5, 0.6) is 0 Å². The Labute approximate surface area is 240 Å². The number of ether oxygens (including phenoxy) is 1. The van der Waals surface area contributed by atoms with Crippen molar-refractivity contribution in [3.8, 4) is 11.1 Å². The zero-order chi connectivity index (χ0) is 28.0. The molecule has 1 saturated carbocycles. The highest BCUT2D eigenvalue weighted by Crippen LogP contribution is 2.35. The number of piperidine rings is 1. The second kappa shape index (κ2) is 11.0. The fraction of sp³-hybridized carbons (Fsp3) is 0.552. The number of nitrogens with zero attached hydrogens (tertiary/aromatic N) is 6. The summed E-state index contributed by atoms with van der Waals surface area (Å²) in [6.45, 7) is 4.87. The summed E-state index contributed by atoms with van der Waals surface area (Å²) in [5.74, 6) is 0.890. The Morgan fingerprint density at radius 1 is 0.951 bits per heavy atom. The third-order valence-electron chi connectivity index (χ3n) is 9.19. The Morgan fingerprint density at radius 2 is 1.73 bits per heavy atom. The normalized spacial score (nSPS) is 23.8. The molecule has 0 atom stereocenters. The monoisotopic (exact) mass is 578 g/mol. The van der Waals surface area contributed by atoms with Crippen LogP contribution in [0.4, 0.5) is 5.82 Å². The van der Waals surface area contributed by atoms with Gasteiger partial charge in [-0.25, -0.2) is 22.7 Å². The van der Waals surface area contributed by atoms with Crippen molar-refractivity contribution in [3.05, 3.63) is 36.9 Å². The van der Waals surface area contributed by atoms with Crippen molar-refractivity contribution in [2.45, 2.75) is 56.7 Å². The number of rotatable bonds is 6. The van der Waals surface area contributed by atoms with Crippen molar-refractivity contribution in [1.82, 2.24) is 33.9 Å². The first-order valence-corrected chi connectivity index (χ1v) is 16.6. The molecule has 3 aromatic heterocycles. The second-order valence-corrected chi connectivity index (χ2v) is 13.7. The number of nitrogens with one attached hydrogen (secondary N) is 2. The Bertz CT molecular complexity index is 1630. The Balaban J connectivity index is 1.09. The van der Waals surface area contributed by atoms with Gasteiger partial charge in [-0.15, -0.1) is 0 Å². The van der Waals surface area contributed by atoms with Crippen molar-refractivity contribution >= 4 is 37.8 Å². The van der Waals surface area contributed by atoms with E-state index in [2.05, 4.69) is 49.7 Å². The Kier molecular flexibility index (Phi) is 7.18. The zero-order valence-electron chi connectivity index (χ0n) is 23.5. The highest BCUT2D eigenvalue weighted by atomic mass is 32.2. The first-order valence-electron chi connectivity index (χ1n) is 14.8. The van der Waals surface area contributed by atoms with Gasteiger partial charge in [-0.2, -0.15) is 5.10 Å². The van der Waals surface area contributed by atoms with E-state index in [9.17, 15) is 8.42 Å². The lowest BCUT2D eigenvalue weighted by Crippen LogP contribution is -2.46. The quantitative estimate of drug-likeness (QED) is 0.356. The van der Waals surface area contributed by atoms with Gasteiger partial charge in [0.05, 0.1) is 37.1 Å². The van der Waals surface area contributed by atoms with E-state index >= 15 is 0 Å². The smallest absolute Gasteiger partial charge is 0.211 e. The number of aromatic amines is 1. The maximum absolute atomic E-state index is 11.9. The number of benzene rings is 1. The fourth-order valence-corrected chi connectivity index (χ4v) is 7.73. The fourth-order valence-electron chi connectivity index (χ4n) is 6.86. The average Bonchev–Trinajstić information content (AvgIpc) is 3.63.